The molecule has 0 saturated carbocycles. The molecule has 2 aromatic rings. The van der Waals surface area contributed by atoms with Crippen LogP contribution >= 0.6 is 0 Å². The van der Waals surface area contributed by atoms with Crippen LogP contribution in [0, 0.1) is 17.8 Å². The third-order valence-corrected chi connectivity index (χ3v) is 4.85. The number of nitrogens with zero attached hydrogens (tertiary/aromatic N) is 3. The molecule has 0 saturated heterocycles. The third kappa shape index (κ3) is 8.40. The van der Waals surface area contributed by atoms with Crippen molar-refractivity contribution in [2.24, 2.45) is 17.8 Å². The molecule has 0 radical (unpaired) electrons. The first-order valence-electron chi connectivity index (χ1n) is 11.7. The largest absolute Gasteiger partial charge is 0.464 e. The van der Waals surface area contributed by atoms with Crippen molar-refractivity contribution < 1.29 is 23.5 Å². The SMILES string of the molecule is CC(C)COC(=O)[C@@H](NC(=O)N[C@H](c1nnc(-c2ccncc2)o1)C(C)C)C(C)OCC(C)C. The van der Waals surface area contributed by atoms with Crippen molar-refractivity contribution in [1.29, 1.82) is 0 Å². The van der Waals surface area contributed by atoms with E-state index in [1.54, 1.807) is 31.5 Å². The third-order valence-electron chi connectivity index (χ3n) is 4.85. The number of carbonyl (C=O) groups is 2. The number of esters is 1. The predicted octanol–water partition coefficient (Wildman–Crippen LogP) is 3.76. The van der Waals surface area contributed by atoms with Gasteiger partial charge in [0.2, 0.25) is 11.8 Å². The Balaban J connectivity index is 2.12. The second-order valence-electron chi connectivity index (χ2n) is 9.45. The van der Waals surface area contributed by atoms with E-state index < -0.39 is 30.2 Å². The summed E-state index contributed by atoms with van der Waals surface area (Å²) in [5.74, 6) is 0.441. The molecule has 0 aliphatic carbocycles. The maximum atomic E-state index is 12.9. The minimum Gasteiger partial charge on any atom is -0.464 e. The van der Waals surface area contributed by atoms with Crippen LogP contribution in [0.5, 0.6) is 0 Å². The molecule has 2 N–H and O–H groups in total. The van der Waals surface area contributed by atoms with E-state index in [0.717, 1.165) is 5.56 Å². The first kappa shape index (κ1) is 27.2. The van der Waals surface area contributed by atoms with Crippen molar-refractivity contribution in [2.45, 2.75) is 66.7 Å². The van der Waals surface area contributed by atoms with Crippen molar-refractivity contribution in [1.82, 2.24) is 25.8 Å². The van der Waals surface area contributed by atoms with Crippen LogP contribution in [-0.4, -0.2) is 52.5 Å². The molecular formula is C24H37N5O5. The molecule has 1 unspecified atom stereocenters. The lowest BCUT2D eigenvalue weighted by Gasteiger charge is -2.26. The standard InChI is InChI=1S/C24H37N5O5/c1-14(2)12-32-17(7)20(23(30)33-13-15(3)4)27-24(31)26-19(16(5)6)22-29-28-21(34-22)18-8-10-25-11-9-18/h8-11,14-17,19-20H,12-13H2,1-7H3,(H2,26,27,31)/t17?,19-,20-/m0/s1. The molecule has 2 aromatic heterocycles. The van der Waals surface area contributed by atoms with Crippen LogP contribution in [-0.2, 0) is 14.3 Å². The lowest BCUT2D eigenvalue weighted by molar-refractivity contribution is -0.151. The van der Waals surface area contributed by atoms with E-state index in [1.807, 2.05) is 41.5 Å². The fourth-order valence-electron chi connectivity index (χ4n) is 2.96. The van der Waals surface area contributed by atoms with Crippen LogP contribution < -0.4 is 10.6 Å². The van der Waals surface area contributed by atoms with Crippen LogP contribution in [0.4, 0.5) is 4.79 Å². The first-order chi connectivity index (χ1) is 16.1. The highest BCUT2D eigenvalue weighted by Crippen LogP contribution is 2.24. The number of pyridine rings is 1. The zero-order valence-corrected chi connectivity index (χ0v) is 21.1. The molecule has 10 heteroatoms. The molecule has 3 atom stereocenters. The lowest BCUT2D eigenvalue weighted by atomic mass is 10.0. The molecule has 0 spiro atoms. The zero-order chi connectivity index (χ0) is 25.3. The van der Waals surface area contributed by atoms with Crippen molar-refractivity contribution >= 4 is 12.0 Å². The number of nitrogens with one attached hydrogen (secondary N) is 2. The van der Waals surface area contributed by atoms with Gasteiger partial charge >= 0.3 is 12.0 Å². The second-order valence-corrected chi connectivity index (χ2v) is 9.45. The van der Waals surface area contributed by atoms with E-state index in [1.165, 1.54) is 0 Å². The summed E-state index contributed by atoms with van der Waals surface area (Å²) in [7, 11) is 0. The minimum atomic E-state index is -0.972. The van der Waals surface area contributed by atoms with Gasteiger partial charge in [-0.25, -0.2) is 9.59 Å². The number of aromatic nitrogens is 3. The number of amides is 2. The minimum absolute atomic E-state index is 0.0579. The van der Waals surface area contributed by atoms with Gasteiger partial charge in [0.15, 0.2) is 6.04 Å². The normalized spacial score (nSPS) is 14.2. The zero-order valence-electron chi connectivity index (χ0n) is 21.1. The first-order valence-corrected chi connectivity index (χ1v) is 11.7. The van der Waals surface area contributed by atoms with Gasteiger partial charge in [-0.2, -0.15) is 0 Å². The number of urea groups is 1. The number of ether oxygens (including phenoxy) is 2. The Hall–Kier alpha value is -3.01. The monoisotopic (exact) mass is 475 g/mol. The highest BCUT2D eigenvalue weighted by molar-refractivity contribution is 5.84. The van der Waals surface area contributed by atoms with Gasteiger partial charge in [-0.15, -0.1) is 10.2 Å². The number of hydrogen-bond donors (Lipinski definition) is 2. The Morgan fingerprint density at radius 1 is 0.941 bits per heavy atom. The molecule has 0 aromatic carbocycles. The van der Waals surface area contributed by atoms with Crippen molar-refractivity contribution in [2.75, 3.05) is 13.2 Å². The summed E-state index contributed by atoms with van der Waals surface area (Å²) in [6, 6.07) is 1.41. The lowest BCUT2D eigenvalue weighted by Crippen LogP contribution is -2.53. The van der Waals surface area contributed by atoms with Crippen LogP contribution in [0.1, 0.15) is 60.4 Å². The molecule has 0 bridgehead atoms. The van der Waals surface area contributed by atoms with Gasteiger partial charge in [0, 0.05) is 24.6 Å². The maximum Gasteiger partial charge on any atom is 0.331 e. The van der Waals surface area contributed by atoms with Crippen LogP contribution in [0.3, 0.4) is 0 Å². The second kappa shape index (κ2) is 13.0. The predicted molar refractivity (Wildman–Crippen MR) is 127 cm³/mol. The Bertz CT molecular complexity index is 900. The van der Waals surface area contributed by atoms with E-state index in [-0.39, 0.29) is 30.3 Å². The molecular weight excluding hydrogens is 438 g/mol. The Morgan fingerprint density at radius 2 is 1.59 bits per heavy atom. The van der Waals surface area contributed by atoms with Gasteiger partial charge in [-0.05, 0) is 36.8 Å². The molecule has 188 valence electrons. The van der Waals surface area contributed by atoms with Gasteiger partial charge in [-0.1, -0.05) is 41.5 Å². The molecule has 0 fully saturated rings. The smallest absolute Gasteiger partial charge is 0.331 e. The highest BCUT2D eigenvalue weighted by atomic mass is 16.5. The van der Waals surface area contributed by atoms with Crippen molar-refractivity contribution in [3.05, 3.63) is 30.4 Å². The van der Waals surface area contributed by atoms with Gasteiger partial charge in [0.1, 0.15) is 6.04 Å². The van der Waals surface area contributed by atoms with E-state index in [4.69, 9.17) is 13.9 Å². The summed E-state index contributed by atoms with van der Waals surface area (Å²) in [4.78, 5) is 29.6. The molecule has 10 nitrogen and oxygen atoms in total. The van der Waals surface area contributed by atoms with Crippen LogP contribution in [0.2, 0.25) is 0 Å². The number of rotatable bonds is 12. The van der Waals surface area contributed by atoms with Crippen molar-refractivity contribution in [3.63, 3.8) is 0 Å². The van der Waals surface area contributed by atoms with E-state index in [2.05, 4.69) is 25.8 Å². The average Bonchev–Trinajstić information content (AvgIpc) is 3.28. The molecule has 2 amide bonds. The number of carbonyl (C=O) groups excluding carboxylic acids is 2. The van der Waals surface area contributed by atoms with Crippen LogP contribution in [0.25, 0.3) is 11.5 Å². The van der Waals surface area contributed by atoms with E-state index in [0.29, 0.717) is 12.5 Å². The van der Waals surface area contributed by atoms with Crippen LogP contribution in [0.15, 0.2) is 28.9 Å². The fraction of sp³-hybridized carbons (Fsp3) is 0.625. The summed E-state index contributed by atoms with van der Waals surface area (Å²) in [6.45, 7) is 14.2. The molecule has 2 rings (SSSR count). The van der Waals surface area contributed by atoms with Gasteiger partial charge in [0.05, 0.1) is 12.7 Å². The Labute approximate surface area is 201 Å². The Morgan fingerprint density at radius 3 is 2.18 bits per heavy atom. The molecule has 0 aliphatic rings. The highest BCUT2D eigenvalue weighted by Gasteiger charge is 2.32. The molecule has 2 heterocycles. The summed E-state index contributed by atoms with van der Waals surface area (Å²) >= 11 is 0. The van der Waals surface area contributed by atoms with Gasteiger partial charge in [0.25, 0.3) is 0 Å². The van der Waals surface area contributed by atoms with Gasteiger partial charge in [-0.3, -0.25) is 4.98 Å². The van der Waals surface area contributed by atoms with Gasteiger partial charge < -0.3 is 24.5 Å². The summed E-state index contributed by atoms with van der Waals surface area (Å²) in [5, 5.41) is 13.8. The Kier molecular flexibility index (Phi) is 10.4. The summed E-state index contributed by atoms with van der Waals surface area (Å²) in [6.07, 6.45) is 2.68. The van der Waals surface area contributed by atoms with E-state index >= 15 is 0 Å². The van der Waals surface area contributed by atoms with E-state index in [9.17, 15) is 9.59 Å². The quantitative estimate of drug-likeness (QED) is 0.444. The fourth-order valence-corrected chi connectivity index (χ4v) is 2.96. The topological polar surface area (TPSA) is 128 Å². The molecule has 0 aliphatic heterocycles. The number of hydrogen-bond acceptors (Lipinski definition) is 8. The summed E-state index contributed by atoms with van der Waals surface area (Å²) in [5.41, 5.74) is 0.727. The van der Waals surface area contributed by atoms with Crippen molar-refractivity contribution in [3.8, 4) is 11.5 Å². The average molecular weight is 476 g/mol. The maximum absolute atomic E-state index is 12.9. The molecule has 34 heavy (non-hydrogen) atoms. The summed E-state index contributed by atoms with van der Waals surface area (Å²) < 4.78 is 17.0.